The Morgan fingerprint density at radius 2 is 2.00 bits per heavy atom. The van der Waals surface area contributed by atoms with E-state index in [2.05, 4.69) is 10.5 Å². The van der Waals surface area contributed by atoms with Crippen molar-refractivity contribution in [1.29, 1.82) is 0 Å². The van der Waals surface area contributed by atoms with Crippen LogP contribution in [0.5, 0.6) is 11.5 Å². The van der Waals surface area contributed by atoms with Crippen LogP contribution in [-0.2, 0) is 0 Å². The minimum atomic E-state index is -0.771. The largest absolute Gasteiger partial charge is 0.454 e. The number of nitrogens with one attached hydrogen (secondary N) is 1. The maximum Gasteiger partial charge on any atom is 0.282 e. The molecule has 0 saturated carbocycles. The fourth-order valence-electron chi connectivity index (χ4n) is 2.07. The summed E-state index contributed by atoms with van der Waals surface area (Å²) >= 11 is 0. The van der Waals surface area contributed by atoms with E-state index in [1.807, 2.05) is 0 Å². The monoisotopic (exact) mass is 331 g/mol. The number of nitro benzene ring substituents is 1. The van der Waals surface area contributed by atoms with E-state index in [1.165, 1.54) is 30.3 Å². The average molecular weight is 331 g/mol. The molecule has 122 valence electrons. The van der Waals surface area contributed by atoms with Crippen LogP contribution < -0.4 is 14.9 Å². The first-order chi connectivity index (χ1) is 11.6. The van der Waals surface area contributed by atoms with Crippen LogP contribution in [0.2, 0.25) is 0 Å². The highest BCUT2D eigenvalue weighted by molar-refractivity contribution is 5.95. The molecule has 0 spiro atoms. The number of nitrogens with zero attached hydrogens (tertiary/aromatic N) is 2. The second-order valence-electron chi connectivity index (χ2n) is 4.70. The van der Waals surface area contributed by atoms with E-state index in [4.69, 9.17) is 9.47 Å². The summed E-state index contributed by atoms with van der Waals surface area (Å²) in [4.78, 5) is 22.3. The zero-order chi connectivity index (χ0) is 17.1. The molecular formula is C15H10FN3O5. The normalized spacial score (nSPS) is 12.4. The standard InChI is InChI=1S/C15H10FN3O5/c16-11-4-2-1-3-10(11)15(20)18-17-7-9-5-13-14(24-8-23-13)6-12(9)19(21)22/h1-7H,8H2,(H,18,20). The van der Waals surface area contributed by atoms with E-state index in [1.54, 1.807) is 0 Å². The van der Waals surface area contributed by atoms with E-state index in [0.29, 0.717) is 5.75 Å². The molecule has 0 aromatic heterocycles. The lowest BCUT2D eigenvalue weighted by Crippen LogP contribution is -2.19. The van der Waals surface area contributed by atoms with Gasteiger partial charge in [0.1, 0.15) is 5.82 Å². The molecule has 3 rings (SSSR count). The van der Waals surface area contributed by atoms with Gasteiger partial charge in [-0.3, -0.25) is 14.9 Å². The topological polar surface area (TPSA) is 103 Å². The molecule has 0 unspecified atom stereocenters. The van der Waals surface area contributed by atoms with E-state index >= 15 is 0 Å². The molecule has 0 radical (unpaired) electrons. The summed E-state index contributed by atoms with van der Waals surface area (Å²) in [6, 6.07) is 7.97. The number of nitro groups is 1. The third-order valence-electron chi connectivity index (χ3n) is 3.21. The molecule has 0 fully saturated rings. The molecule has 0 aliphatic carbocycles. The van der Waals surface area contributed by atoms with Crippen LogP contribution in [0.1, 0.15) is 15.9 Å². The molecule has 9 heteroatoms. The van der Waals surface area contributed by atoms with Crippen LogP contribution in [-0.4, -0.2) is 23.8 Å². The highest BCUT2D eigenvalue weighted by Gasteiger charge is 2.22. The Morgan fingerprint density at radius 3 is 2.71 bits per heavy atom. The van der Waals surface area contributed by atoms with Gasteiger partial charge in [0.2, 0.25) is 6.79 Å². The number of hydrogen-bond donors (Lipinski definition) is 1. The Bertz CT molecular complexity index is 853. The van der Waals surface area contributed by atoms with Crippen LogP contribution in [0.3, 0.4) is 0 Å². The maximum atomic E-state index is 13.5. The van der Waals surface area contributed by atoms with Crippen molar-refractivity contribution in [2.24, 2.45) is 5.10 Å². The van der Waals surface area contributed by atoms with Crippen molar-refractivity contribution in [3.63, 3.8) is 0 Å². The average Bonchev–Trinajstić information content (AvgIpc) is 3.01. The number of benzene rings is 2. The van der Waals surface area contributed by atoms with Crippen LogP contribution in [0.25, 0.3) is 0 Å². The molecule has 0 saturated heterocycles. The molecule has 8 nitrogen and oxygen atoms in total. The van der Waals surface area contributed by atoms with Crippen molar-refractivity contribution in [3.8, 4) is 11.5 Å². The van der Waals surface area contributed by atoms with Crippen LogP contribution in [0.4, 0.5) is 10.1 Å². The van der Waals surface area contributed by atoms with Gasteiger partial charge in [0.15, 0.2) is 11.5 Å². The van der Waals surface area contributed by atoms with Crippen molar-refractivity contribution in [2.45, 2.75) is 0 Å². The Hall–Kier alpha value is -3.49. The third kappa shape index (κ3) is 3.00. The van der Waals surface area contributed by atoms with Gasteiger partial charge in [0.05, 0.1) is 28.3 Å². The van der Waals surface area contributed by atoms with Crippen molar-refractivity contribution in [3.05, 3.63) is 63.5 Å². The van der Waals surface area contributed by atoms with Gasteiger partial charge in [-0.25, -0.2) is 9.82 Å². The van der Waals surface area contributed by atoms with Gasteiger partial charge in [-0.05, 0) is 18.2 Å². The number of rotatable bonds is 4. The van der Waals surface area contributed by atoms with Gasteiger partial charge in [-0.15, -0.1) is 0 Å². The van der Waals surface area contributed by atoms with Gasteiger partial charge < -0.3 is 9.47 Å². The van der Waals surface area contributed by atoms with Gasteiger partial charge in [-0.1, -0.05) is 12.1 Å². The molecule has 2 aromatic rings. The Balaban J connectivity index is 1.81. The first kappa shape index (κ1) is 15.4. The van der Waals surface area contributed by atoms with E-state index < -0.39 is 16.6 Å². The van der Waals surface area contributed by atoms with Crippen LogP contribution >= 0.6 is 0 Å². The minimum absolute atomic E-state index is 0.0307. The van der Waals surface area contributed by atoms with Crippen molar-refractivity contribution in [2.75, 3.05) is 6.79 Å². The summed E-state index contributed by atoms with van der Waals surface area (Å²) in [5, 5.41) is 14.7. The highest BCUT2D eigenvalue weighted by Crippen LogP contribution is 2.37. The second-order valence-corrected chi connectivity index (χ2v) is 4.70. The van der Waals surface area contributed by atoms with E-state index in [-0.39, 0.29) is 29.4 Å². The zero-order valence-corrected chi connectivity index (χ0v) is 12.1. The second kappa shape index (κ2) is 6.32. The number of amides is 1. The number of halogens is 1. The first-order valence-corrected chi connectivity index (χ1v) is 6.72. The van der Waals surface area contributed by atoms with Crippen LogP contribution in [0, 0.1) is 15.9 Å². The Kier molecular flexibility index (Phi) is 4.06. The number of carbonyl (C=O) groups is 1. The molecule has 1 heterocycles. The lowest BCUT2D eigenvalue weighted by molar-refractivity contribution is -0.385. The molecule has 2 aromatic carbocycles. The lowest BCUT2D eigenvalue weighted by atomic mass is 10.1. The molecule has 1 aliphatic heterocycles. The predicted molar refractivity (Wildman–Crippen MR) is 80.7 cm³/mol. The summed E-state index contributed by atoms with van der Waals surface area (Å²) in [5.74, 6) is -0.872. The number of hydrogen-bond acceptors (Lipinski definition) is 6. The molecule has 1 N–H and O–H groups in total. The first-order valence-electron chi connectivity index (χ1n) is 6.72. The maximum absolute atomic E-state index is 13.5. The predicted octanol–water partition coefficient (Wildman–Crippen LogP) is 2.23. The molecule has 0 atom stereocenters. The molecule has 1 aliphatic rings. The lowest BCUT2D eigenvalue weighted by Gasteiger charge is -2.02. The smallest absolute Gasteiger partial charge is 0.282 e. The van der Waals surface area contributed by atoms with Gasteiger partial charge >= 0.3 is 0 Å². The summed E-state index contributed by atoms with van der Waals surface area (Å²) in [6.45, 7) is -0.0307. The van der Waals surface area contributed by atoms with Crippen molar-refractivity contribution in [1.82, 2.24) is 5.43 Å². The molecule has 1 amide bonds. The van der Waals surface area contributed by atoms with Crippen molar-refractivity contribution >= 4 is 17.8 Å². The highest BCUT2D eigenvalue weighted by atomic mass is 19.1. The number of fused-ring (bicyclic) bond motifs is 1. The van der Waals surface area contributed by atoms with Gasteiger partial charge in [-0.2, -0.15) is 5.10 Å². The number of hydrazone groups is 1. The molecular weight excluding hydrogens is 321 g/mol. The van der Waals surface area contributed by atoms with Gasteiger partial charge in [0, 0.05) is 0 Å². The Morgan fingerprint density at radius 1 is 1.29 bits per heavy atom. The summed E-state index contributed by atoms with van der Waals surface area (Å²) in [7, 11) is 0. The molecule has 24 heavy (non-hydrogen) atoms. The SMILES string of the molecule is O=C(NN=Cc1cc2c(cc1[N+](=O)[O-])OCO2)c1ccccc1F. The van der Waals surface area contributed by atoms with E-state index in [9.17, 15) is 19.3 Å². The van der Waals surface area contributed by atoms with E-state index in [0.717, 1.165) is 12.3 Å². The minimum Gasteiger partial charge on any atom is -0.454 e. The third-order valence-corrected chi connectivity index (χ3v) is 3.21. The number of ether oxygens (including phenoxy) is 2. The summed E-state index contributed by atoms with van der Waals surface area (Å²) in [5.41, 5.74) is 1.78. The Labute approximate surface area is 134 Å². The zero-order valence-electron chi connectivity index (χ0n) is 12.1. The van der Waals surface area contributed by atoms with Crippen LogP contribution in [0.15, 0.2) is 41.5 Å². The summed E-state index contributed by atoms with van der Waals surface area (Å²) < 4.78 is 23.7. The van der Waals surface area contributed by atoms with Crippen molar-refractivity contribution < 1.29 is 23.6 Å². The fraction of sp³-hybridized carbons (Fsp3) is 0.0667. The number of carbonyl (C=O) groups excluding carboxylic acids is 1. The fourth-order valence-corrected chi connectivity index (χ4v) is 2.07. The molecule has 0 bridgehead atoms. The summed E-state index contributed by atoms with van der Waals surface area (Å²) in [6.07, 6.45) is 1.08. The van der Waals surface area contributed by atoms with Gasteiger partial charge in [0.25, 0.3) is 11.6 Å². The quantitative estimate of drug-likeness (QED) is 0.526.